The van der Waals surface area contributed by atoms with Crippen LogP contribution in [0.5, 0.6) is 0 Å². The van der Waals surface area contributed by atoms with E-state index in [0.29, 0.717) is 12.0 Å². The Morgan fingerprint density at radius 1 is 1.23 bits per heavy atom. The molecule has 0 amide bonds. The SMILES string of the molecule is C/C1=C\C=C(\C(C)C)[C@@H](O)C/C(C)=C/CC[C@]2(C)O[C@@H]2CC1. The van der Waals surface area contributed by atoms with Gasteiger partial charge in [0.2, 0.25) is 0 Å². The monoisotopic (exact) mass is 304 g/mol. The second-order valence-corrected chi connectivity index (χ2v) is 7.60. The number of hydrogen-bond donors (Lipinski definition) is 1. The minimum absolute atomic E-state index is 0.0821. The first-order chi connectivity index (χ1) is 10.3. The highest BCUT2D eigenvalue weighted by molar-refractivity contribution is 5.23. The number of aliphatic hydroxyl groups excluding tert-OH is 1. The summed E-state index contributed by atoms with van der Waals surface area (Å²) in [5.74, 6) is 0.370. The molecule has 1 fully saturated rings. The molecule has 3 atom stereocenters. The number of ether oxygens (including phenoxy) is 1. The number of rotatable bonds is 1. The maximum Gasteiger partial charge on any atom is 0.0923 e. The average molecular weight is 304 g/mol. The predicted molar refractivity (Wildman–Crippen MR) is 92.8 cm³/mol. The van der Waals surface area contributed by atoms with E-state index in [1.807, 2.05) is 0 Å². The largest absolute Gasteiger partial charge is 0.388 e. The van der Waals surface area contributed by atoms with E-state index in [-0.39, 0.29) is 11.7 Å². The van der Waals surface area contributed by atoms with Crippen LogP contribution in [0.4, 0.5) is 0 Å². The first kappa shape index (κ1) is 17.5. The van der Waals surface area contributed by atoms with E-state index in [1.54, 1.807) is 0 Å². The molecule has 0 unspecified atom stereocenters. The molecule has 0 bridgehead atoms. The Morgan fingerprint density at radius 3 is 2.64 bits per heavy atom. The second kappa shape index (κ2) is 7.14. The zero-order valence-corrected chi connectivity index (χ0v) is 14.9. The van der Waals surface area contributed by atoms with E-state index < -0.39 is 0 Å². The van der Waals surface area contributed by atoms with Gasteiger partial charge in [-0.15, -0.1) is 0 Å². The fraction of sp³-hybridized carbons (Fsp3) is 0.700. The Hall–Kier alpha value is -0.860. The number of hydrogen-bond acceptors (Lipinski definition) is 2. The molecule has 0 aromatic heterocycles. The van der Waals surface area contributed by atoms with E-state index in [2.05, 4.69) is 52.8 Å². The molecule has 1 heterocycles. The molecule has 1 N–H and O–H groups in total. The molecule has 22 heavy (non-hydrogen) atoms. The summed E-state index contributed by atoms with van der Waals surface area (Å²) in [7, 11) is 0. The van der Waals surface area contributed by atoms with Crippen molar-refractivity contribution in [3.8, 4) is 0 Å². The van der Waals surface area contributed by atoms with E-state index in [0.717, 1.165) is 37.7 Å². The Labute approximate surface area is 136 Å². The van der Waals surface area contributed by atoms with Crippen LogP contribution in [0.1, 0.15) is 66.7 Å². The van der Waals surface area contributed by atoms with Crippen molar-refractivity contribution in [1.29, 1.82) is 0 Å². The van der Waals surface area contributed by atoms with Crippen LogP contribution in [0.3, 0.4) is 0 Å². The van der Waals surface area contributed by atoms with Crippen LogP contribution in [0.2, 0.25) is 0 Å². The number of aliphatic hydroxyl groups is 1. The third kappa shape index (κ3) is 4.57. The van der Waals surface area contributed by atoms with Gasteiger partial charge in [0, 0.05) is 0 Å². The third-order valence-electron chi connectivity index (χ3n) is 5.10. The van der Waals surface area contributed by atoms with Crippen LogP contribution < -0.4 is 0 Å². The lowest BCUT2D eigenvalue weighted by molar-refractivity contribution is 0.200. The van der Waals surface area contributed by atoms with Gasteiger partial charge < -0.3 is 9.84 Å². The van der Waals surface area contributed by atoms with Crippen molar-refractivity contribution in [3.63, 3.8) is 0 Å². The zero-order valence-electron chi connectivity index (χ0n) is 14.9. The van der Waals surface area contributed by atoms with Gasteiger partial charge in [0.15, 0.2) is 0 Å². The normalized spacial score (nSPS) is 41.3. The maximum atomic E-state index is 10.6. The Morgan fingerprint density at radius 2 is 1.95 bits per heavy atom. The van der Waals surface area contributed by atoms with Gasteiger partial charge in [0.05, 0.1) is 17.8 Å². The molecule has 2 nitrogen and oxygen atoms in total. The van der Waals surface area contributed by atoms with Crippen LogP contribution in [-0.4, -0.2) is 22.9 Å². The molecule has 2 aliphatic rings. The minimum atomic E-state index is -0.372. The van der Waals surface area contributed by atoms with Gasteiger partial charge in [-0.25, -0.2) is 0 Å². The molecule has 124 valence electrons. The lowest BCUT2D eigenvalue weighted by Gasteiger charge is -2.19. The fourth-order valence-corrected chi connectivity index (χ4v) is 3.36. The molecule has 2 rings (SSSR count). The van der Waals surface area contributed by atoms with E-state index in [4.69, 9.17) is 4.74 Å². The molecule has 1 aliphatic heterocycles. The standard InChI is InChI=1S/C20H32O2/c1-14(2)17-10-8-15(3)9-11-19-20(5,22-19)12-6-7-16(4)13-18(17)21/h7-8,10,14,18-19,21H,6,9,11-13H2,1-5H3/b15-8+,16-7+,17-10-/t18-,19+,20-/m0/s1. The highest BCUT2D eigenvalue weighted by atomic mass is 16.6. The molecule has 0 aromatic rings. The van der Waals surface area contributed by atoms with Gasteiger partial charge in [0.25, 0.3) is 0 Å². The Balaban J connectivity index is 2.19. The zero-order chi connectivity index (χ0) is 16.3. The molecule has 0 radical (unpaired) electrons. The molecule has 2 heteroatoms. The van der Waals surface area contributed by atoms with Crippen molar-refractivity contribution in [1.82, 2.24) is 0 Å². The first-order valence-electron chi connectivity index (χ1n) is 8.70. The fourth-order valence-electron chi connectivity index (χ4n) is 3.36. The summed E-state index contributed by atoms with van der Waals surface area (Å²) in [6.07, 6.45) is 11.7. The van der Waals surface area contributed by atoms with Crippen molar-refractivity contribution >= 4 is 0 Å². The smallest absolute Gasteiger partial charge is 0.0923 e. The van der Waals surface area contributed by atoms with Crippen molar-refractivity contribution in [2.24, 2.45) is 5.92 Å². The molecule has 0 aromatic carbocycles. The lowest BCUT2D eigenvalue weighted by Crippen LogP contribution is -2.15. The van der Waals surface area contributed by atoms with Gasteiger partial charge in [-0.1, -0.05) is 43.2 Å². The number of epoxide rings is 1. The average Bonchev–Trinajstić information content (AvgIpc) is 3.06. The highest BCUT2D eigenvalue weighted by Crippen LogP contribution is 2.43. The van der Waals surface area contributed by atoms with Gasteiger partial charge in [0.1, 0.15) is 0 Å². The Kier molecular flexibility index (Phi) is 5.68. The second-order valence-electron chi connectivity index (χ2n) is 7.60. The summed E-state index contributed by atoms with van der Waals surface area (Å²) < 4.78 is 5.92. The maximum absolute atomic E-state index is 10.6. The van der Waals surface area contributed by atoms with Gasteiger partial charge in [-0.05, 0) is 64.4 Å². The van der Waals surface area contributed by atoms with Crippen molar-refractivity contribution < 1.29 is 9.84 Å². The number of fused-ring (bicyclic) bond motifs is 1. The van der Waals surface area contributed by atoms with Crippen LogP contribution >= 0.6 is 0 Å². The van der Waals surface area contributed by atoms with E-state index in [9.17, 15) is 5.11 Å². The van der Waals surface area contributed by atoms with Gasteiger partial charge >= 0.3 is 0 Å². The summed E-state index contributed by atoms with van der Waals surface area (Å²) in [6, 6.07) is 0. The van der Waals surface area contributed by atoms with Crippen LogP contribution in [-0.2, 0) is 4.74 Å². The lowest BCUT2D eigenvalue weighted by atomic mass is 9.91. The molecular weight excluding hydrogens is 272 g/mol. The topological polar surface area (TPSA) is 32.8 Å². The van der Waals surface area contributed by atoms with Crippen molar-refractivity contribution in [3.05, 3.63) is 34.9 Å². The summed E-state index contributed by atoms with van der Waals surface area (Å²) in [6.45, 7) is 10.9. The predicted octanol–water partition coefficient (Wildman–Crippen LogP) is 4.94. The molecular formula is C20H32O2. The van der Waals surface area contributed by atoms with Gasteiger partial charge in [-0.3, -0.25) is 0 Å². The van der Waals surface area contributed by atoms with Crippen LogP contribution in [0, 0.1) is 5.92 Å². The van der Waals surface area contributed by atoms with Crippen molar-refractivity contribution in [2.45, 2.75) is 84.5 Å². The van der Waals surface area contributed by atoms with Crippen molar-refractivity contribution in [2.75, 3.05) is 0 Å². The molecule has 1 saturated heterocycles. The van der Waals surface area contributed by atoms with Gasteiger partial charge in [-0.2, -0.15) is 0 Å². The summed E-state index contributed by atoms with van der Waals surface area (Å²) >= 11 is 0. The summed E-state index contributed by atoms with van der Waals surface area (Å²) in [4.78, 5) is 0. The number of allylic oxidation sites excluding steroid dienone is 4. The van der Waals surface area contributed by atoms with Crippen LogP contribution in [0.15, 0.2) is 34.9 Å². The van der Waals surface area contributed by atoms with E-state index >= 15 is 0 Å². The third-order valence-corrected chi connectivity index (χ3v) is 5.10. The highest BCUT2D eigenvalue weighted by Gasteiger charge is 2.50. The van der Waals surface area contributed by atoms with E-state index in [1.165, 1.54) is 11.1 Å². The molecule has 0 saturated carbocycles. The van der Waals surface area contributed by atoms with Crippen LogP contribution in [0.25, 0.3) is 0 Å². The summed E-state index contributed by atoms with van der Waals surface area (Å²) in [5, 5.41) is 10.6. The molecule has 1 aliphatic carbocycles. The quantitative estimate of drug-likeness (QED) is 0.549. The molecule has 0 spiro atoms. The minimum Gasteiger partial charge on any atom is -0.388 e. The summed E-state index contributed by atoms with van der Waals surface area (Å²) in [5.41, 5.74) is 3.86. The first-order valence-corrected chi connectivity index (χ1v) is 8.70. The Bertz CT molecular complexity index is 484.